The van der Waals surface area contributed by atoms with Crippen LogP contribution in [0.2, 0.25) is 0 Å². The summed E-state index contributed by atoms with van der Waals surface area (Å²) in [6, 6.07) is 14.4. The zero-order valence-corrected chi connectivity index (χ0v) is 17.4. The smallest absolute Gasteiger partial charge is 0.323 e. The Bertz CT molecular complexity index is 1180. The topological polar surface area (TPSA) is 97.4 Å². The zero-order valence-electron chi connectivity index (χ0n) is 16.6. The van der Waals surface area contributed by atoms with E-state index in [4.69, 9.17) is 14.6 Å². The molecule has 0 saturated carbocycles. The van der Waals surface area contributed by atoms with E-state index in [1.165, 1.54) is 12.1 Å². The minimum Gasteiger partial charge on any atom is -0.504 e. The molecule has 0 saturated heterocycles. The van der Waals surface area contributed by atoms with Crippen LogP contribution >= 0.6 is 11.3 Å². The van der Waals surface area contributed by atoms with E-state index < -0.39 is 11.2 Å². The average Bonchev–Trinajstić information content (AvgIpc) is 3.44. The van der Waals surface area contributed by atoms with Gasteiger partial charge in [-0.1, -0.05) is 24.3 Å². The third kappa shape index (κ3) is 3.17. The number of thiophene rings is 1. The summed E-state index contributed by atoms with van der Waals surface area (Å²) in [6.07, 6.45) is -0.167. The van der Waals surface area contributed by atoms with Crippen molar-refractivity contribution in [3.8, 4) is 17.2 Å². The number of para-hydroxylation sites is 1. The van der Waals surface area contributed by atoms with E-state index in [-0.39, 0.29) is 35.4 Å². The number of rotatable bonds is 5. The molecular formula is C22H19N3O5S. The van der Waals surface area contributed by atoms with Gasteiger partial charge in [0, 0.05) is 12.0 Å². The highest BCUT2D eigenvalue weighted by Crippen LogP contribution is 2.51. The van der Waals surface area contributed by atoms with Gasteiger partial charge in [-0.05, 0) is 36.6 Å². The largest absolute Gasteiger partial charge is 0.504 e. The van der Waals surface area contributed by atoms with Gasteiger partial charge in [0.2, 0.25) is 12.0 Å². The Morgan fingerprint density at radius 3 is 2.84 bits per heavy atom. The van der Waals surface area contributed by atoms with Crippen molar-refractivity contribution in [2.75, 3.05) is 6.61 Å². The van der Waals surface area contributed by atoms with Crippen LogP contribution in [0.15, 0.2) is 59.0 Å². The van der Waals surface area contributed by atoms with E-state index in [0.717, 1.165) is 16.2 Å². The van der Waals surface area contributed by atoms with Gasteiger partial charge in [-0.25, -0.2) is 5.01 Å². The molecule has 2 aromatic carbocycles. The molecule has 1 aromatic heterocycles. The average molecular weight is 437 g/mol. The van der Waals surface area contributed by atoms with Gasteiger partial charge >= 0.3 is 5.69 Å². The number of phenolic OH excluding ortho intramolecular Hbond substituents is 1. The second-order valence-corrected chi connectivity index (χ2v) is 8.12. The maximum atomic E-state index is 12.0. The zero-order chi connectivity index (χ0) is 21.5. The van der Waals surface area contributed by atoms with Gasteiger partial charge in [-0.2, -0.15) is 5.10 Å². The third-order valence-corrected chi connectivity index (χ3v) is 6.30. The van der Waals surface area contributed by atoms with Gasteiger partial charge in [0.1, 0.15) is 5.75 Å². The van der Waals surface area contributed by atoms with Crippen molar-refractivity contribution in [2.24, 2.45) is 5.10 Å². The molecule has 8 nitrogen and oxygen atoms in total. The molecule has 2 atom stereocenters. The molecule has 9 heteroatoms. The molecule has 158 valence electrons. The van der Waals surface area contributed by atoms with Crippen molar-refractivity contribution in [3.63, 3.8) is 0 Å². The molecule has 1 N–H and O–H groups in total. The molecule has 31 heavy (non-hydrogen) atoms. The number of benzene rings is 2. The van der Waals surface area contributed by atoms with Crippen LogP contribution in [0.25, 0.3) is 0 Å². The highest BCUT2D eigenvalue weighted by molar-refractivity contribution is 7.12. The molecule has 0 unspecified atom stereocenters. The first-order chi connectivity index (χ1) is 15.1. The van der Waals surface area contributed by atoms with Crippen LogP contribution in [0.1, 0.15) is 41.6 Å². The molecule has 5 rings (SSSR count). The quantitative estimate of drug-likeness (QED) is 0.445. The summed E-state index contributed by atoms with van der Waals surface area (Å²) >= 11 is 1.60. The Balaban J connectivity index is 1.67. The second kappa shape index (κ2) is 7.59. The van der Waals surface area contributed by atoms with Crippen LogP contribution in [-0.2, 0) is 0 Å². The Hall–Kier alpha value is -3.59. The molecule has 0 radical (unpaired) electrons. The highest BCUT2D eigenvalue weighted by atomic mass is 32.1. The monoisotopic (exact) mass is 437 g/mol. The summed E-state index contributed by atoms with van der Waals surface area (Å²) in [5.74, 6) is 0.219. The summed E-state index contributed by atoms with van der Waals surface area (Å²) < 4.78 is 11.7. The lowest BCUT2D eigenvalue weighted by atomic mass is 9.97. The first-order valence-electron chi connectivity index (χ1n) is 9.86. The second-order valence-electron chi connectivity index (χ2n) is 7.17. The Morgan fingerprint density at radius 1 is 1.26 bits per heavy atom. The third-order valence-electron chi connectivity index (χ3n) is 5.38. The van der Waals surface area contributed by atoms with Crippen molar-refractivity contribution in [2.45, 2.75) is 25.6 Å². The van der Waals surface area contributed by atoms with E-state index in [0.29, 0.717) is 12.2 Å². The number of hydrazone groups is 1. The number of hydrogen-bond donors (Lipinski definition) is 1. The van der Waals surface area contributed by atoms with Crippen LogP contribution in [-0.4, -0.2) is 27.4 Å². The predicted molar refractivity (Wildman–Crippen MR) is 116 cm³/mol. The fraction of sp³-hybridized carbons (Fsp3) is 0.227. The molecule has 0 bridgehead atoms. The molecular weight excluding hydrogens is 418 g/mol. The number of phenols is 1. The SMILES string of the molecule is CCOc1c(O)ccc([C@H]2Oc3ccccc3[C@H]3CC(c4cccs4)=NN32)c1[N+](=O)[O-]. The number of nitrogens with zero attached hydrogens (tertiary/aromatic N) is 3. The van der Waals surface area contributed by atoms with Crippen molar-refractivity contribution in [3.05, 3.63) is 80.0 Å². The Kier molecular flexibility index (Phi) is 4.74. The summed E-state index contributed by atoms with van der Waals surface area (Å²) in [6.45, 7) is 1.89. The number of ether oxygens (including phenoxy) is 2. The summed E-state index contributed by atoms with van der Waals surface area (Å²) in [5, 5.41) is 30.8. The number of fused-ring (bicyclic) bond motifs is 3. The van der Waals surface area contributed by atoms with E-state index >= 15 is 0 Å². The fourth-order valence-electron chi connectivity index (χ4n) is 4.08. The van der Waals surface area contributed by atoms with Crippen LogP contribution in [0.5, 0.6) is 17.2 Å². The number of aromatic hydroxyl groups is 1. The number of hydrogen-bond acceptors (Lipinski definition) is 8. The van der Waals surface area contributed by atoms with Crippen LogP contribution in [0.3, 0.4) is 0 Å². The number of nitro groups is 1. The molecule has 3 heterocycles. The first-order valence-corrected chi connectivity index (χ1v) is 10.7. The van der Waals surface area contributed by atoms with E-state index in [9.17, 15) is 15.2 Å². The Labute approximate surface area is 182 Å². The lowest BCUT2D eigenvalue weighted by molar-refractivity contribution is -0.387. The lowest BCUT2D eigenvalue weighted by Crippen LogP contribution is -2.34. The summed E-state index contributed by atoms with van der Waals surface area (Å²) in [7, 11) is 0. The molecule has 0 amide bonds. The number of nitro benzene ring substituents is 1. The van der Waals surface area contributed by atoms with Crippen LogP contribution < -0.4 is 9.47 Å². The molecule has 2 aliphatic heterocycles. The van der Waals surface area contributed by atoms with Gasteiger partial charge < -0.3 is 14.6 Å². The van der Waals surface area contributed by atoms with E-state index in [1.807, 2.05) is 41.8 Å². The van der Waals surface area contributed by atoms with Crippen LogP contribution in [0, 0.1) is 10.1 Å². The first kappa shape index (κ1) is 19.4. The summed E-state index contributed by atoms with van der Waals surface area (Å²) in [5.41, 5.74) is 1.86. The minimum absolute atomic E-state index is 0.115. The van der Waals surface area contributed by atoms with Crippen LogP contribution in [0.4, 0.5) is 5.69 Å². The van der Waals surface area contributed by atoms with Gasteiger partial charge in [0.05, 0.1) is 33.7 Å². The molecule has 2 aliphatic rings. The van der Waals surface area contributed by atoms with Gasteiger partial charge in [-0.15, -0.1) is 11.3 Å². The Morgan fingerprint density at radius 2 is 2.10 bits per heavy atom. The molecule has 0 fully saturated rings. The van der Waals surface area contributed by atoms with E-state index in [2.05, 4.69) is 0 Å². The fourth-order valence-corrected chi connectivity index (χ4v) is 4.80. The maximum Gasteiger partial charge on any atom is 0.323 e. The predicted octanol–water partition coefficient (Wildman–Crippen LogP) is 5.00. The van der Waals surface area contributed by atoms with E-state index in [1.54, 1.807) is 23.3 Å². The highest BCUT2D eigenvalue weighted by Gasteiger charge is 2.44. The normalized spacial score (nSPS) is 19.3. The molecule has 3 aromatic rings. The van der Waals surface area contributed by atoms with Gasteiger partial charge in [0.15, 0.2) is 5.75 Å². The van der Waals surface area contributed by atoms with Crippen molar-refractivity contribution < 1.29 is 19.5 Å². The van der Waals surface area contributed by atoms with Gasteiger partial charge in [-0.3, -0.25) is 10.1 Å². The minimum atomic E-state index is -0.836. The molecule has 0 aliphatic carbocycles. The van der Waals surface area contributed by atoms with Crippen molar-refractivity contribution in [1.82, 2.24) is 5.01 Å². The lowest BCUT2D eigenvalue weighted by Gasteiger charge is -2.38. The van der Waals surface area contributed by atoms with Crippen molar-refractivity contribution >= 4 is 22.7 Å². The molecule has 0 spiro atoms. The van der Waals surface area contributed by atoms with Crippen molar-refractivity contribution in [1.29, 1.82) is 0 Å². The summed E-state index contributed by atoms with van der Waals surface area (Å²) in [4.78, 5) is 12.5. The standard InChI is InChI=1S/C22H19N3O5S/c1-2-29-21-17(26)10-9-14(20(21)25(27)28)22-24-16(13-6-3-4-7-18(13)30-22)12-15(23-24)19-8-5-11-31-19/h3-11,16,22,26H,2,12H2,1H3/t16-,22-/m1/s1. The maximum absolute atomic E-state index is 12.0. The van der Waals surface area contributed by atoms with Gasteiger partial charge in [0.25, 0.3) is 0 Å².